The highest BCUT2D eigenvalue weighted by Gasteiger charge is 2.22. The lowest BCUT2D eigenvalue weighted by Gasteiger charge is -2.13. The number of halogens is 2. The van der Waals surface area contributed by atoms with E-state index in [9.17, 15) is 14.0 Å². The molecule has 2 aromatic carbocycles. The molecule has 0 saturated heterocycles. The van der Waals surface area contributed by atoms with Crippen LogP contribution in [0.15, 0.2) is 42.5 Å². The first-order valence-electron chi connectivity index (χ1n) is 8.61. The summed E-state index contributed by atoms with van der Waals surface area (Å²) in [6.07, 6.45) is 2.05. The molecular formula is C19H20ClFN4O2. The number of carbonyl (C=O) groups is 2. The largest absolute Gasteiger partial charge is 0.381 e. The molecule has 0 atom stereocenters. The lowest BCUT2D eigenvalue weighted by molar-refractivity contribution is -0.115. The van der Waals surface area contributed by atoms with Gasteiger partial charge in [0.05, 0.1) is 17.9 Å². The standard InChI is InChI=1S/C19H20ClFN4O2/c20-13-3-1-12(2-4-13)10-22-19(27)23-11-18(26)25-16-8-5-14(21)9-17(16)24-15-6-7-15/h1-5,8-9,15,24H,6-7,10-11H2,(H,25,26)(H2,22,23,27). The van der Waals surface area contributed by atoms with E-state index in [1.54, 1.807) is 24.3 Å². The number of carbonyl (C=O) groups excluding carboxylic acids is 2. The molecule has 27 heavy (non-hydrogen) atoms. The third-order valence-electron chi connectivity index (χ3n) is 3.97. The number of amides is 3. The third kappa shape index (κ3) is 6.14. The first-order chi connectivity index (χ1) is 13.0. The smallest absolute Gasteiger partial charge is 0.315 e. The first-order valence-corrected chi connectivity index (χ1v) is 8.99. The van der Waals surface area contributed by atoms with Gasteiger partial charge in [-0.15, -0.1) is 0 Å². The zero-order chi connectivity index (χ0) is 19.2. The summed E-state index contributed by atoms with van der Waals surface area (Å²) in [7, 11) is 0. The number of hydrogen-bond acceptors (Lipinski definition) is 3. The molecule has 0 bridgehead atoms. The highest BCUT2D eigenvalue weighted by atomic mass is 35.5. The topological polar surface area (TPSA) is 82.3 Å². The van der Waals surface area contributed by atoms with Gasteiger partial charge in [0.25, 0.3) is 0 Å². The normalized spacial score (nSPS) is 13.0. The van der Waals surface area contributed by atoms with E-state index in [1.165, 1.54) is 18.2 Å². The molecule has 0 unspecified atom stereocenters. The van der Waals surface area contributed by atoms with Crippen LogP contribution >= 0.6 is 11.6 Å². The van der Waals surface area contributed by atoms with Gasteiger partial charge in [-0.3, -0.25) is 4.79 Å². The summed E-state index contributed by atoms with van der Waals surface area (Å²) in [6, 6.07) is 11.1. The molecule has 1 saturated carbocycles. The number of rotatable bonds is 7. The van der Waals surface area contributed by atoms with Crippen molar-refractivity contribution in [3.05, 3.63) is 58.9 Å². The Balaban J connectivity index is 1.45. The van der Waals surface area contributed by atoms with Crippen LogP contribution < -0.4 is 21.3 Å². The summed E-state index contributed by atoms with van der Waals surface area (Å²) in [5.74, 6) is -0.780. The van der Waals surface area contributed by atoms with Gasteiger partial charge in [0.2, 0.25) is 5.91 Å². The lowest BCUT2D eigenvalue weighted by atomic mass is 10.2. The fraction of sp³-hybridized carbons (Fsp3) is 0.263. The van der Waals surface area contributed by atoms with Crippen LogP contribution in [0.1, 0.15) is 18.4 Å². The Morgan fingerprint density at radius 3 is 2.48 bits per heavy atom. The average Bonchev–Trinajstić information content (AvgIpc) is 3.46. The predicted molar refractivity (Wildman–Crippen MR) is 103 cm³/mol. The Kier molecular flexibility index (Phi) is 6.13. The van der Waals surface area contributed by atoms with E-state index in [1.807, 2.05) is 0 Å². The average molecular weight is 391 g/mol. The maximum absolute atomic E-state index is 13.4. The predicted octanol–water partition coefficient (Wildman–Crippen LogP) is 3.49. The molecular weight excluding hydrogens is 371 g/mol. The van der Waals surface area contributed by atoms with Gasteiger partial charge < -0.3 is 21.3 Å². The van der Waals surface area contributed by atoms with Crippen molar-refractivity contribution in [1.82, 2.24) is 10.6 Å². The summed E-state index contributed by atoms with van der Waals surface area (Å²) >= 11 is 5.81. The third-order valence-corrected chi connectivity index (χ3v) is 4.22. The number of benzene rings is 2. The molecule has 0 heterocycles. The van der Waals surface area contributed by atoms with Gasteiger partial charge in [0.15, 0.2) is 0 Å². The molecule has 0 spiro atoms. The summed E-state index contributed by atoms with van der Waals surface area (Å²) in [6.45, 7) is 0.116. The van der Waals surface area contributed by atoms with E-state index < -0.39 is 11.9 Å². The Bertz CT molecular complexity index is 825. The Morgan fingerprint density at radius 2 is 1.78 bits per heavy atom. The van der Waals surface area contributed by atoms with Crippen molar-refractivity contribution in [3.8, 4) is 0 Å². The second-order valence-electron chi connectivity index (χ2n) is 6.32. The summed E-state index contributed by atoms with van der Waals surface area (Å²) in [5.41, 5.74) is 1.91. The highest BCUT2D eigenvalue weighted by Crippen LogP contribution is 2.30. The van der Waals surface area contributed by atoms with E-state index >= 15 is 0 Å². The van der Waals surface area contributed by atoms with E-state index in [-0.39, 0.29) is 12.4 Å². The van der Waals surface area contributed by atoms with Gasteiger partial charge in [-0.25, -0.2) is 9.18 Å². The van der Waals surface area contributed by atoms with Gasteiger partial charge in [0.1, 0.15) is 5.82 Å². The van der Waals surface area contributed by atoms with E-state index in [2.05, 4.69) is 21.3 Å². The molecule has 3 amide bonds. The van der Waals surface area contributed by atoms with E-state index in [4.69, 9.17) is 11.6 Å². The maximum atomic E-state index is 13.4. The molecule has 0 radical (unpaired) electrons. The Morgan fingerprint density at radius 1 is 1.04 bits per heavy atom. The van der Waals surface area contributed by atoms with Crippen molar-refractivity contribution < 1.29 is 14.0 Å². The minimum Gasteiger partial charge on any atom is -0.381 e. The molecule has 3 rings (SSSR count). The zero-order valence-electron chi connectivity index (χ0n) is 14.5. The SMILES string of the molecule is O=C(CNC(=O)NCc1ccc(Cl)cc1)Nc1ccc(F)cc1NC1CC1. The van der Waals surface area contributed by atoms with Crippen molar-refractivity contribution in [3.63, 3.8) is 0 Å². The van der Waals surface area contributed by atoms with Crippen LogP contribution in [0.3, 0.4) is 0 Å². The van der Waals surface area contributed by atoms with Crippen LogP contribution in [-0.2, 0) is 11.3 Å². The fourth-order valence-electron chi connectivity index (χ4n) is 2.39. The molecule has 1 aliphatic rings. The lowest BCUT2D eigenvalue weighted by Crippen LogP contribution is -2.39. The first kappa shape index (κ1) is 19.0. The second-order valence-corrected chi connectivity index (χ2v) is 6.76. The monoisotopic (exact) mass is 390 g/mol. The van der Waals surface area contributed by atoms with Crippen LogP contribution in [0.5, 0.6) is 0 Å². The van der Waals surface area contributed by atoms with Gasteiger partial charge in [-0.05, 0) is 48.7 Å². The van der Waals surface area contributed by atoms with E-state index in [0.29, 0.717) is 29.0 Å². The van der Waals surface area contributed by atoms with Crippen LogP contribution in [0, 0.1) is 5.82 Å². The molecule has 1 aliphatic carbocycles. The number of hydrogen-bond donors (Lipinski definition) is 4. The maximum Gasteiger partial charge on any atom is 0.315 e. The number of nitrogens with one attached hydrogen (secondary N) is 4. The summed E-state index contributed by atoms with van der Waals surface area (Å²) in [4.78, 5) is 23.9. The van der Waals surface area contributed by atoms with Crippen molar-refractivity contribution in [2.45, 2.75) is 25.4 Å². The highest BCUT2D eigenvalue weighted by molar-refractivity contribution is 6.30. The van der Waals surface area contributed by atoms with Gasteiger partial charge in [-0.2, -0.15) is 0 Å². The summed E-state index contributed by atoms with van der Waals surface area (Å²) < 4.78 is 13.4. The van der Waals surface area contributed by atoms with Gasteiger partial charge >= 0.3 is 6.03 Å². The summed E-state index contributed by atoms with van der Waals surface area (Å²) in [5, 5.41) is 11.6. The molecule has 0 aromatic heterocycles. The zero-order valence-corrected chi connectivity index (χ0v) is 15.3. The van der Waals surface area contributed by atoms with Crippen molar-refractivity contribution in [2.75, 3.05) is 17.2 Å². The van der Waals surface area contributed by atoms with Gasteiger partial charge in [-0.1, -0.05) is 23.7 Å². The van der Waals surface area contributed by atoms with E-state index in [0.717, 1.165) is 18.4 Å². The number of urea groups is 1. The van der Waals surface area contributed by atoms with Crippen LogP contribution in [0.2, 0.25) is 5.02 Å². The van der Waals surface area contributed by atoms with Gasteiger partial charge in [0, 0.05) is 17.6 Å². The molecule has 6 nitrogen and oxygen atoms in total. The van der Waals surface area contributed by atoms with Crippen molar-refractivity contribution >= 4 is 34.9 Å². The fourth-order valence-corrected chi connectivity index (χ4v) is 2.52. The molecule has 0 aliphatic heterocycles. The molecule has 142 valence electrons. The minimum atomic E-state index is -0.462. The van der Waals surface area contributed by atoms with Crippen LogP contribution in [0.25, 0.3) is 0 Å². The van der Waals surface area contributed by atoms with Crippen LogP contribution in [-0.4, -0.2) is 24.5 Å². The van der Waals surface area contributed by atoms with Crippen molar-refractivity contribution in [1.29, 1.82) is 0 Å². The molecule has 1 fully saturated rings. The van der Waals surface area contributed by atoms with Crippen molar-refractivity contribution in [2.24, 2.45) is 0 Å². The number of anilines is 2. The second kappa shape index (κ2) is 8.73. The van der Waals surface area contributed by atoms with Crippen LogP contribution in [0.4, 0.5) is 20.6 Å². The minimum absolute atomic E-state index is 0.202. The Hall–Kier alpha value is -2.80. The quantitative estimate of drug-likeness (QED) is 0.584. The molecule has 8 heteroatoms. The molecule has 2 aromatic rings. The molecule has 4 N–H and O–H groups in total. The Labute approximate surface area is 161 Å².